The predicted molar refractivity (Wildman–Crippen MR) is 563 cm³/mol. The highest BCUT2D eigenvalue weighted by Gasteiger charge is 2.22. The molecule has 0 spiro atoms. The second kappa shape index (κ2) is 41.3. The van der Waals surface area contributed by atoms with Gasteiger partial charge in [-0.25, -0.2) is 29.9 Å². The molecule has 2 N–H and O–H groups in total. The van der Waals surface area contributed by atoms with E-state index in [1.807, 2.05) is 200 Å². The Morgan fingerprint density at radius 3 is 0.526 bits per heavy atom. The molecule has 14 heteroatoms. The fourth-order valence-corrected chi connectivity index (χ4v) is 17.2. The van der Waals surface area contributed by atoms with Crippen LogP contribution in [0.25, 0.3) is 213 Å². The van der Waals surface area contributed by atoms with Crippen LogP contribution in [0.4, 0.5) is 0 Å². The van der Waals surface area contributed by atoms with Gasteiger partial charge < -0.3 is 10.0 Å². The van der Waals surface area contributed by atoms with Crippen LogP contribution in [0.5, 0.6) is 0 Å². The number of rotatable bonds is 20. The number of aromatic nitrogens is 9. The van der Waals surface area contributed by atoms with E-state index in [2.05, 4.69) is 294 Å². The normalized spacial score (nSPS) is 10.9. The van der Waals surface area contributed by atoms with Gasteiger partial charge in [0.2, 0.25) is 0 Å². The molecule has 5 heterocycles. The second-order valence-electron chi connectivity index (χ2n) is 33.0. The van der Waals surface area contributed by atoms with Gasteiger partial charge in [-0.2, -0.15) is 0 Å². The van der Waals surface area contributed by atoms with Crippen LogP contribution in [0, 0.1) is 0 Å². The van der Waals surface area contributed by atoms with Crippen molar-refractivity contribution < 1.29 is 10.0 Å². The standard InChI is InChI=1S/C67H45N5.C45H29Cl2N3.C11H10BNO2/c1-4-14-46(15-5-1)48-22-26-50(27-23-48)57-40-59(52-30-34-54(35-31-52)63-20-10-12-38-68-63)44-61(42-57)66-70-65(56-18-8-3-9-19-56)71-67(72-66)62-43-58(51-28-24-49(25-29-51)47-16-6-2-7-17-47)41-60(45-62)53-32-36-55(37-33-53)64-21-11-13-39-69-64;46-41-26-37(34-20-16-32(17-21-34)30-10-4-1-5-11-30)24-39(28-41)44-48-43(36-14-8-3-9-15-36)49-45(50-44)40-25-38(27-42(47)29-40)35-22-18-33(19-23-35)31-12-6-2-7-13-31;14-12(15)10-6-4-9(5-7-10)11-3-1-2-8-13-11/h1-45H;1-29H;1-8,14-15H. The van der Waals surface area contributed by atoms with Crippen molar-refractivity contribution in [1.29, 1.82) is 0 Å². The van der Waals surface area contributed by atoms with Crippen molar-refractivity contribution >= 4 is 35.8 Å². The molecule has 0 unspecified atom stereocenters. The summed E-state index contributed by atoms with van der Waals surface area (Å²) in [5, 5.41) is 19.0. The van der Waals surface area contributed by atoms with E-state index in [1.165, 1.54) is 22.3 Å². The fourth-order valence-electron chi connectivity index (χ4n) is 16.7. The Morgan fingerprint density at radius 1 is 0.146 bits per heavy atom. The molecule has 0 amide bonds. The van der Waals surface area contributed by atoms with Gasteiger partial charge in [0.05, 0.1) is 17.1 Å². The first-order valence-electron chi connectivity index (χ1n) is 45.1. The molecule has 0 saturated carbocycles. The zero-order valence-corrected chi connectivity index (χ0v) is 75.6. The minimum atomic E-state index is -1.41. The quantitative estimate of drug-likeness (QED) is 0.0700. The maximum Gasteiger partial charge on any atom is 0.488 e. The van der Waals surface area contributed by atoms with Crippen LogP contribution in [0.2, 0.25) is 10.0 Å². The molecule has 137 heavy (non-hydrogen) atoms. The number of benzene rings is 17. The first-order valence-corrected chi connectivity index (χ1v) is 45.8. The van der Waals surface area contributed by atoms with Gasteiger partial charge in [0.15, 0.2) is 34.9 Å². The van der Waals surface area contributed by atoms with Crippen LogP contribution in [-0.2, 0) is 0 Å². The molecule has 17 aromatic carbocycles. The molecule has 0 fully saturated rings. The first-order chi connectivity index (χ1) is 67.5. The lowest BCUT2D eigenvalue weighted by molar-refractivity contribution is 0.426. The summed E-state index contributed by atoms with van der Waals surface area (Å²) in [4.78, 5) is 44.3. The fraction of sp³-hybridized carbons (Fsp3) is 0. The molecule has 0 aliphatic heterocycles. The Morgan fingerprint density at radius 2 is 0.307 bits per heavy atom. The largest absolute Gasteiger partial charge is 0.488 e. The highest BCUT2D eigenvalue weighted by Crippen LogP contribution is 2.41. The van der Waals surface area contributed by atoms with E-state index in [9.17, 15) is 0 Å². The van der Waals surface area contributed by atoms with Crippen molar-refractivity contribution in [2.75, 3.05) is 0 Å². The van der Waals surface area contributed by atoms with Gasteiger partial charge in [-0.1, -0.05) is 393 Å². The lowest BCUT2D eigenvalue weighted by Gasteiger charge is -2.14. The average Bonchev–Trinajstić information content (AvgIpc) is 0.773. The third-order valence-electron chi connectivity index (χ3n) is 23.9. The average molecular weight is 1800 g/mol. The van der Waals surface area contributed by atoms with E-state index in [0.717, 1.165) is 156 Å². The molecule has 0 bridgehead atoms. The molecule has 11 nitrogen and oxygen atoms in total. The van der Waals surface area contributed by atoms with E-state index in [1.54, 1.807) is 18.3 Å². The summed E-state index contributed by atoms with van der Waals surface area (Å²) in [5.41, 5.74) is 33.3. The van der Waals surface area contributed by atoms with Gasteiger partial charge in [0.25, 0.3) is 0 Å². The van der Waals surface area contributed by atoms with Crippen LogP contribution < -0.4 is 5.46 Å². The summed E-state index contributed by atoms with van der Waals surface area (Å²) in [7, 11) is -1.41. The minimum absolute atomic E-state index is 0.481. The van der Waals surface area contributed by atoms with E-state index in [0.29, 0.717) is 50.5 Å². The Bertz CT molecular complexity index is 7300. The molecule has 0 aliphatic carbocycles. The molecule has 650 valence electrons. The van der Waals surface area contributed by atoms with E-state index in [-0.39, 0.29) is 0 Å². The number of hydrogen-bond acceptors (Lipinski definition) is 11. The summed E-state index contributed by atoms with van der Waals surface area (Å²) < 4.78 is 0. The highest BCUT2D eigenvalue weighted by atomic mass is 35.5. The number of hydrogen-bond donors (Lipinski definition) is 2. The Kier molecular flexibility index (Phi) is 26.4. The van der Waals surface area contributed by atoms with Gasteiger partial charge in [-0.15, -0.1) is 0 Å². The zero-order chi connectivity index (χ0) is 92.6. The molecule has 0 atom stereocenters. The predicted octanol–water partition coefficient (Wildman–Crippen LogP) is 30.3. The van der Waals surface area contributed by atoms with Crippen molar-refractivity contribution in [3.8, 4) is 213 Å². The second-order valence-corrected chi connectivity index (χ2v) is 33.8. The summed E-state index contributed by atoms with van der Waals surface area (Å²) in [6, 6.07) is 163. The minimum Gasteiger partial charge on any atom is -0.423 e. The highest BCUT2D eigenvalue weighted by molar-refractivity contribution is 6.58. The molecule has 22 aromatic rings. The van der Waals surface area contributed by atoms with Gasteiger partial charge in [0, 0.05) is 78.7 Å². The van der Waals surface area contributed by atoms with Crippen LogP contribution in [0.15, 0.2) is 498 Å². The van der Waals surface area contributed by atoms with Crippen molar-refractivity contribution in [1.82, 2.24) is 44.9 Å². The van der Waals surface area contributed by atoms with Gasteiger partial charge >= 0.3 is 7.12 Å². The third kappa shape index (κ3) is 21.1. The maximum atomic E-state index is 8.93. The summed E-state index contributed by atoms with van der Waals surface area (Å²) in [5.74, 6) is 3.35. The number of nitrogens with zero attached hydrogens (tertiary/aromatic N) is 9. The van der Waals surface area contributed by atoms with Crippen molar-refractivity contribution in [3.63, 3.8) is 0 Å². The third-order valence-corrected chi connectivity index (χ3v) is 24.3. The summed E-state index contributed by atoms with van der Waals surface area (Å²) >= 11 is 13.5. The van der Waals surface area contributed by atoms with E-state index >= 15 is 0 Å². The Labute approximate surface area is 806 Å². The Hall–Kier alpha value is -17.2. The Balaban J connectivity index is 0.000000153. The zero-order valence-electron chi connectivity index (χ0n) is 74.1. The molecule has 5 aromatic heterocycles. The van der Waals surface area contributed by atoms with Crippen molar-refractivity contribution in [2.45, 2.75) is 0 Å². The van der Waals surface area contributed by atoms with E-state index in [4.69, 9.17) is 63.2 Å². The molecule has 22 rings (SSSR count). The van der Waals surface area contributed by atoms with E-state index < -0.39 is 7.12 Å². The molecule has 0 saturated heterocycles. The lowest BCUT2D eigenvalue weighted by atomic mass is 9.80. The smallest absolute Gasteiger partial charge is 0.423 e. The number of halogens is 2. The maximum absolute atomic E-state index is 8.93. The monoisotopic (exact) mass is 1800 g/mol. The van der Waals surface area contributed by atoms with Gasteiger partial charge in [-0.3, -0.25) is 15.0 Å². The van der Waals surface area contributed by atoms with Crippen LogP contribution in [-0.4, -0.2) is 62.0 Å². The number of pyridine rings is 3. The molecule has 0 aliphatic rings. The van der Waals surface area contributed by atoms with Crippen LogP contribution in [0.1, 0.15) is 0 Å². The van der Waals surface area contributed by atoms with Gasteiger partial charge in [0.1, 0.15) is 0 Å². The van der Waals surface area contributed by atoms with Crippen molar-refractivity contribution in [2.24, 2.45) is 0 Å². The van der Waals surface area contributed by atoms with Crippen LogP contribution >= 0.6 is 23.2 Å². The van der Waals surface area contributed by atoms with Crippen LogP contribution in [0.3, 0.4) is 0 Å². The topological polar surface area (TPSA) is 156 Å². The van der Waals surface area contributed by atoms with Crippen molar-refractivity contribution in [3.05, 3.63) is 508 Å². The summed E-state index contributed by atoms with van der Waals surface area (Å²) in [6.07, 6.45) is 5.39. The first kappa shape index (κ1) is 87.7. The molecular weight excluding hydrogens is 1720 g/mol. The molecular formula is C123H84BCl2N9O2. The van der Waals surface area contributed by atoms with Gasteiger partial charge in [-0.05, 0) is 226 Å². The molecule has 0 radical (unpaired) electrons. The lowest BCUT2D eigenvalue weighted by Crippen LogP contribution is -2.29. The summed E-state index contributed by atoms with van der Waals surface area (Å²) in [6.45, 7) is 0. The SMILES string of the molecule is Clc1cc(-c2ccc(-c3ccccc3)cc2)cc(-c2nc(-c3ccccc3)nc(-c3cc(Cl)cc(-c4ccc(-c5ccccc5)cc4)c3)n2)c1.OB(O)c1ccc(-c2ccccn2)cc1.c1ccc(-c2ccc(-c3cc(-c4ccc(-c5ccccn5)cc4)cc(-c4nc(-c5ccccc5)nc(-c5cc(-c6ccc(-c7ccccc7)cc6)cc(-c6ccc(-c7ccccn7)cc6)c5)n4)c3)cc2)cc1.